The summed E-state index contributed by atoms with van der Waals surface area (Å²) in [6.07, 6.45) is 0.875. The molecular weight excluding hydrogens is 265 g/mol. The second-order valence-electron chi connectivity index (χ2n) is 4.63. The van der Waals surface area contributed by atoms with E-state index in [2.05, 4.69) is 15.5 Å². The summed E-state index contributed by atoms with van der Waals surface area (Å²) in [5.41, 5.74) is 2.96. The average molecular weight is 291 g/mol. The molecule has 3 nitrogen and oxygen atoms in total. The molecule has 0 aliphatic carbocycles. The number of nitrogens with one attached hydrogen (secondary N) is 1. The summed E-state index contributed by atoms with van der Waals surface area (Å²) in [5.74, 6) is 0.522. The van der Waals surface area contributed by atoms with Gasteiger partial charge in [0.15, 0.2) is 0 Å². The van der Waals surface area contributed by atoms with E-state index in [0.717, 1.165) is 29.1 Å². The van der Waals surface area contributed by atoms with Gasteiger partial charge >= 0.3 is 0 Å². The Labute approximate surface area is 128 Å². The number of benzene rings is 1. The molecule has 21 heavy (non-hydrogen) atoms. The number of nitrogens with zero attached hydrogens (tertiary/aromatic N) is 2. The number of rotatable bonds is 4. The summed E-state index contributed by atoms with van der Waals surface area (Å²) < 4.78 is 13.1. The van der Waals surface area contributed by atoms with E-state index in [9.17, 15) is 4.39 Å². The third-order valence-electron chi connectivity index (χ3n) is 3.14. The van der Waals surface area contributed by atoms with Crippen LogP contribution < -0.4 is 5.32 Å². The van der Waals surface area contributed by atoms with Crippen LogP contribution in [-0.2, 0) is 6.42 Å². The van der Waals surface area contributed by atoms with Gasteiger partial charge < -0.3 is 5.32 Å². The van der Waals surface area contributed by atoms with Crippen LogP contribution in [-0.4, -0.2) is 10.2 Å². The Bertz CT molecular complexity index is 558. The molecule has 0 saturated carbocycles. The van der Waals surface area contributed by atoms with Crippen molar-refractivity contribution in [3.05, 3.63) is 53.0 Å². The van der Waals surface area contributed by atoms with E-state index in [1.807, 2.05) is 46.8 Å². The first-order valence-corrected chi connectivity index (χ1v) is 7.45. The van der Waals surface area contributed by atoms with E-state index >= 15 is 0 Å². The molecule has 0 amide bonds. The highest BCUT2D eigenvalue weighted by Crippen LogP contribution is 2.21. The standard InChI is InChI=1S/C15H18FN3.C2H6.H2/c1-4-13-6-8-15(19-18-13)17-11(3)14-7-5-12(16)9-10(14)2;1-2;/h5-9,11H,4H2,1-3H3,(H,17,19);1-2H3;1H/t11-;;/m0../s1. The van der Waals surface area contributed by atoms with Crippen LogP contribution in [0.4, 0.5) is 10.2 Å². The van der Waals surface area contributed by atoms with Gasteiger partial charge in [0.05, 0.1) is 11.7 Å². The minimum atomic E-state index is -0.208. The van der Waals surface area contributed by atoms with Crippen molar-refractivity contribution in [2.75, 3.05) is 5.32 Å². The molecule has 0 aliphatic rings. The van der Waals surface area contributed by atoms with Gasteiger partial charge in [-0.1, -0.05) is 26.8 Å². The number of aryl methyl sites for hydroxylation is 2. The molecule has 1 heterocycles. The molecular formula is C17H26FN3. The van der Waals surface area contributed by atoms with E-state index in [1.165, 1.54) is 6.07 Å². The molecule has 0 radical (unpaired) electrons. The average Bonchev–Trinajstić information content (AvgIpc) is 2.50. The van der Waals surface area contributed by atoms with Crippen molar-refractivity contribution in [2.24, 2.45) is 0 Å². The molecule has 1 aromatic carbocycles. The Morgan fingerprint density at radius 3 is 2.43 bits per heavy atom. The molecule has 2 aromatic rings. The number of anilines is 1. The van der Waals surface area contributed by atoms with Crippen LogP contribution in [0.15, 0.2) is 30.3 Å². The van der Waals surface area contributed by atoms with Crippen LogP contribution >= 0.6 is 0 Å². The number of hydrogen-bond donors (Lipinski definition) is 1. The smallest absolute Gasteiger partial charge is 0.149 e. The van der Waals surface area contributed by atoms with Crippen molar-refractivity contribution in [3.8, 4) is 0 Å². The Morgan fingerprint density at radius 1 is 1.19 bits per heavy atom. The Morgan fingerprint density at radius 2 is 1.90 bits per heavy atom. The molecule has 0 aliphatic heterocycles. The maximum atomic E-state index is 13.1. The van der Waals surface area contributed by atoms with E-state index < -0.39 is 0 Å². The highest BCUT2D eigenvalue weighted by Gasteiger charge is 2.09. The maximum absolute atomic E-state index is 13.1. The van der Waals surface area contributed by atoms with E-state index in [0.29, 0.717) is 0 Å². The van der Waals surface area contributed by atoms with Gasteiger partial charge in [0.1, 0.15) is 11.6 Å². The van der Waals surface area contributed by atoms with Crippen molar-refractivity contribution in [1.29, 1.82) is 0 Å². The maximum Gasteiger partial charge on any atom is 0.149 e. The molecule has 1 atom stereocenters. The zero-order valence-electron chi connectivity index (χ0n) is 13.4. The fourth-order valence-corrected chi connectivity index (χ4v) is 2.05. The monoisotopic (exact) mass is 291 g/mol. The van der Waals surface area contributed by atoms with Crippen LogP contribution in [0, 0.1) is 12.7 Å². The minimum Gasteiger partial charge on any atom is -0.362 e. The zero-order valence-corrected chi connectivity index (χ0v) is 13.4. The predicted molar refractivity (Wildman–Crippen MR) is 88.0 cm³/mol. The molecule has 1 N–H and O–H groups in total. The van der Waals surface area contributed by atoms with Gasteiger partial charge in [-0.3, -0.25) is 0 Å². The van der Waals surface area contributed by atoms with Crippen LogP contribution in [0.3, 0.4) is 0 Å². The fraction of sp³-hybridized carbons (Fsp3) is 0.412. The van der Waals surface area contributed by atoms with Gasteiger partial charge in [-0.15, -0.1) is 5.10 Å². The van der Waals surface area contributed by atoms with Crippen molar-refractivity contribution in [1.82, 2.24) is 10.2 Å². The largest absolute Gasteiger partial charge is 0.362 e. The van der Waals surface area contributed by atoms with Gasteiger partial charge in [0.25, 0.3) is 0 Å². The van der Waals surface area contributed by atoms with Crippen molar-refractivity contribution in [2.45, 2.75) is 47.1 Å². The van der Waals surface area contributed by atoms with Crippen molar-refractivity contribution < 1.29 is 5.82 Å². The molecule has 0 bridgehead atoms. The first kappa shape index (κ1) is 17.1. The normalized spacial score (nSPS) is 11.3. The molecule has 4 heteroatoms. The Balaban J connectivity index is 0.00000141. The van der Waals surface area contributed by atoms with Gasteiger partial charge in [0, 0.05) is 1.43 Å². The third kappa shape index (κ3) is 4.81. The highest BCUT2D eigenvalue weighted by molar-refractivity contribution is 5.39. The summed E-state index contributed by atoms with van der Waals surface area (Å²) in [4.78, 5) is 0. The van der Waals surface area contributed by atoms with E-state index in [1.54, 1.807) is 12.1 Å². The van der Waals surface area contributed by atoms with Crippen LogP contribution in [0.2, 0.25) is 0 Å². The minimum absolute atomic E-state index is 0. The molecule has 0 spiro atoms. The number of aromatic nitrogens is 2. The van der Waals surface area contributed by atoms with E-state index in [-0.39, 0.29) is 13.3 Å². The van der Waals surface area contributed by atoms with E-state index in [4.69, 9.17) is 0 Å². The molecule has 2 rings (SSSR count). The van der Waals surface area contributed by atoms with Crippen molar-refractivity contribution >= 4 is 5.82 Å². The Hall–Kier alpha value is -1.97. The quantitative estimate of drug-likeness (QED) is 0.867. The third-order valence-corrected chi connectivity index (χ3v) is 3.14. The van der Waals surface area contributed by atoms with Gasteiger partial charge in [-0.2, -0.15) is 5.10 Å². The lowest BCUT2D eigenvalue weighted by Gasteiger charge is -2.17. The molecule has 0 unspecified atom stereocenters. The number of hydrogen-bond acceptors (Lipinski definition) is 3. The zero-order chi connectivity index (χ0) is 15.8. The lowest BCUT2D eigenvalue weighted by molar-refractivity contribution is 0.624. The van der Waals surface area contributed by atoms with Crippen LogP contribution in [0.25, 0.3) is 0 Å². The molecule has 0 fully saturated rings. The molecule has 116 valence electrons. The van der Waals surface area contributed by atoms with Gasteiger partial charge in [0.2, 0.25) is 0 Å². The lowest BCUT2D eigenvalue weighted by Crippen LogP contribution is -2.10. The SMILES string of the molecule is CC.CCc1ccc(N[C@@H](C)c2ccc(F)cc2C)nn1.[HH]. The first-order valence-electron chi connectivity index (χ1n) is 7.45. The summed E-state index contributed by atoms with van der Waals surface area (Å²) in [6, 6.07) is 8.75. The molecule has 0 saturated heterocycles. The topological polar surface area (TPSA) is 37.8 Å². The lowest BCUT2D eigenvalue weighted by atomic mass is 10.0. The highest BCUT2D eigenvalue weighted by atomic mass is 19.1. The van der Waals surface area contributed by atoms with Gasteiger partial charge in [-0.25, -0.2) is 4.39 Å². The second-order valence-corrected chi connectivity index (χ2v) is 4.63. The summed E-state index contributed by atoms with van der Waals surface area (Å²) in [7, 11) is 0. The van der Waals surface area contributed by atoms with Crippen molar-refractivity contribution in [3.63, 3.8) is 0 Å². The summed E-state index contributed by atoms with van der Waals surface area (Å²) >= 11 is 0. The number of halogens is 1. The second kappa shape index (κ2) is 8.35. The Kier molecular flexibility index (Phi) is 6.79. The predicted octanol–water partition coefficient (Wildman–Crippen LogP) is 4.93. The summed E-state index contributed by atoms with van der Waals surface area (Å²) in [6.45, 7) is 9.97. The van der Waals surface area contributed by atoms with Crippen LogP contribution in [0.5, 0.6) is 0 Å². The fourth-order valence-electron chi connectivity index (χ4n) is 2.05. The first-order chi connectivity index (χ1) is 10.1. The molecule has 1 aromatic heterocycles. The van der Waals surface area contributed by atoms with Crippen LogP contribution in [0.1, 0.15) is 52.0 Å². The van der Waals surface area contributed by atoms with Gasteiger partial charge in [-0.05, 0) is 55.7 Å². The summed E-state index contributed by atoms with van der Waals surface area (Å²) in [5, 5.41) is 11.5.